The summed E-state index contributed by atoms with van der Waals surface area (Å²) < 4.78 is 0. The second kappa shape index (κ2) is 27.7. The van der Waals surface area contributed by atoms with Crippen LogP contribution < -0.4 is 5.73 Å². The van der Waals surface area contributed by atoms with Crippen LogP contribution in [0, 0.1) is 38.5 Å². The van der Waals surface area contributed by atoms with Crippen LogP contribution in [0.2, 0.25) is 0 Å². The van der Waals surface area contributed by atoms with E-state index in [9.17, 15) is 0 Å². The Morgan fingerprint density at radius 3 is 0.941 bits per heavy atom. The molecular weight excluding hydrogens is 807 g/mol. The van der Waals surface area contributed by atoms with Crippen molar-refractivity contribution < 1.29 is 40.8 Å². The minimum atomic E-state index is 0. The summed E-state index contributed by atoms with van der Waals surface area (Å²) in [7, 11) is 0. The van der Waals surface area contributed by atoms with Crippen LogP contribution in [0.4, 0.5) is 17.1 Å². The molecule has 0 aliphatic carbocycles. The van der Waals surface area contributed by atoms with Crippen LogP contribution in [0.3, 0.4) is 0 Å². The molecule has 51 heavy (non-hydrogen) atoms. The molecule has 6 aromatic rings. The Labute approximate surface area is 336 Å². The summed E-state index contributed by atoms with van der Waals surface area (Å²) in [6.07, 6.45) is 4.11. The number of anilines is 1. The number of nitrogens with one attached hydrogen (secondary N) is 2. The van der Waals surface area contributed by atoms with Crippen LogP contribution in [0.5, 0.6) is 0 Å². The molecule has 276 valence electrons. The largest absolute Gasteiger partial charge is 0.698 e. The number of nitrogens with two attached hydrogens (primary N) is 1. The van der Waals surface area contributed by atoms with Gasteiger partial charge in [-0.05, 0) is 33.9 Å². The van der Waals surface area contributed by atoms with Gasteiger partial charge in [0.05, 0.1) is 0 Å². The first-order valence-corrected chi connectivity index (χ1v) is 16.5. The SMILES string of the molecule is Nc1ccccc1-c1ccccc1.[CH2-]C(C)[CH-]C.[CH2-]C(C)[CH-]C.[NH-]c1ccccc1-c1ccccc1.[NH-]c1ccccc1-c1ccccc1.[Pd].[Pd]. The van der Waals surface area contributed by atoms with E-state index < -0.39 is 0 Å². The van der Waals surface area contributed by atoms with Crippen LogP contribution >= 0.6 is 0 Å². The van der Waals surface area contributed by atoms with Crippen LogP contribution in [0.25, 0.3) is 44.8 Å². The van der Waals surface area contributed by atoms with Crippen molar-refractivity contribution in [2.75, 3.05) is 5.73 Å². The topological polar surface area (TPSA) is 73.6 Å². The molecule has 6 aromatic carbocycles. The van der Waals surface area contributed by atoms with Crippen molar-refractivity contribution >= 4 is 17.1 Å². The fraction of sp³-hybridized carbons (Fsp3) is 0.130. The van der Waals surface area contributed by atoms with Gasteiger partial charge in [0.15, 0.2) is 0 Å². The smallest absolute Gasteiger partial charge is 0.0393 e. The van der Waals surface area contributed by atoms with Gasteiger partial charge >= 0.3 is 0 Å². The van der Waals surface area contributed by atoms with Gasteiger partial charge in [-0.15, -0.1) is 25.2 Å². The zero-order valence-corrected chi connectivity index (χ0v) is 33.1. The predicted molar refractivity (Wildman–Crippen MR) is 217 cm³/mol. The summed E-state index contributed by atoms with van der Waals surface area (Å²) in [4.78, 5) is 0. The Hall–Kier alpha value is -3.96. The standard InChI is InChI=1S/C12H11N.2C12H10N.2C5H10.2Pd/c3*13-12-9-5-4-8-11(12)10-6-2-1-3-7-10;2*1-4-5(2)3;;/h1-9H,13H2;2*1-9,13H;2*4-5H,2H2,1,3H3;;/q;2*-1;2*-2;;. The summed E-state index contributed by atoms with van der Waals surface area (Å²) in [5.74, 6) is 1.02. The maximum Gasteiger partial charge on any atom is 0.0393 e. The molecule has 2 atom stereocenters. The van der Waals surface area contributed by atoms with Crippen molar-refractivity contribution in [2.24, 2.45) is 11.8 Å². The number of hydrogen-bond donors (Lipinski definition) is 1. The molecule has 3 nitrogen and oxygen atoms in total. The van der Waals surface area contributed by atoms with Crippen molar-refractivity contribution in [1.82, 2.24) is 0 Å². The van der Waals surface area contributed by atoms with Crippen LogP contribution in [-0.4, -0.2) is 0 Å². The number of rotatable bonds is 5. The molecule has 2 unspecified atom stereocenters. The number of para-hydroxylation sites is 1. The molecule has 4 N–H and O–H groups in total. The van der Waals surface area contributed by atoms with E-state index in [0.29, 0.717) is 23.2 Å². The number of nitrogen functional groups attached to an aromatic ring is 1. The molecule has 0 saturated carbocycles. The van der Waals surface area contributed by atoms with E-state index in [1.807, 2.05) is 166 Å². The first kappa shape index (κ1) is 47.0. The van der Waals surface area contributed by atoms with E-state index in [0.717, 1.165) is 33.5 Å². The molecule has 0 bridgehead atoms. The summed E-state index contributed by atoms with van der Waals surface area (Å²) in [5, 5.41) is 0. The summed E-state index contributed by atoms with van der Waals surface area (Å²) in [6, 6.07) is 53.3. The molecule has 0 aromatic heterocycles. The average molecular weight is 859 g/mol. The van der Waals surface area contributed by atoms with Gasteiger partial charge in [-0.25, -0.2) is 0 Å². The third-order valence-electron chi connectivity index (χ3n) is 7.21. The molecule has 0 aliphatic rings. The quantitative estimate of drug-likeness (QED) is 0.105. The van der Waals surface area contributed by atoms with E-state index in [2.05, 4.69) is 52.7 Å². The van der Waals surface area contributed by atoms with Gasteiger partial charge < -0.3 is 55.7 Å². The van der Waals surface area contributed by atoms with Crippen molar-refractivity contribution in [1.29, 1.82) is 0 Å². The Bertz CT molecular complexity index is 1510. The van der Waals surface area contributed by atoms with Crippen LogP contribution in [0.1, 0.15) is 27.7 Å². The Morgan fingerprint density at radius 2 is 0.667 bits per heavy atom. The number of benzene rings is 6. The van der Waals surface area contributed by atoms with Gasteiger partial charge in [0.25, 0.3) is 0 Å². The third kappa shape index (κ3) is 18.7. The van der Waals surface area contributed by atoms with Crippen molar-refractivity contribution in [3.63, 3.8) is 0 Å². The average Bonchev–Trinajstić information content (AvgIpc) is 3.14. The summed E-state index contributed by atoms with van der Waals surface area (Å²) in [6.45, 7) is 15.5. The molecule has 6 rings (SSSR count). The monoisotopic (exact) mass is 857 g/mol. The van der Waals surface area contributed by atoms with Crippen LogP contribution in [0.15, 0.2) is 164 Å². The van der Waals surface area contributed by atoms with E-state index in [1.165, 1.54) is 5.56 Å². The fourth-order valence-corrected chi connectivity index (χ4v) is 4.08. The zero-order chi connectivity index (χ0) is 35.9. The summed E-state index contributed by atoms with van der Waals surface area (Å²) >= 11 is 0. The third-order valence-corrected chi connectivity index (χ3v) is 7.21. The van der Waals surface area contributed by atoms with Gasteiger partial charge in [-0.2, -0.15) is 13.8 Å². The second-order valence-electron chi connectivity index (χ2n) is 11.4. The van der Waals surface area contributed by atoms with Gasteiger partial charge in [0.1, 0.15) is 0 Å². The molecule has 0 spiro atoms. The van der Waals surface area contributed by atoms with Crippen molar-refractivity contribution in [3.8, 4) is 33.4 Å². The van der Waals surface area contributed by atoms with E-state index in [4.69, 9.17) is 17.2 Å². The Morgan fingerprint density at radius 1 is 0.431 bits per heavy atom. The normalized spacial score (nSPS) is 10.5. The minimum absolute atomic E-state index is 0. The van der Waals surface area contributed by atoms with Gasteiger partial charge in [-0.3, -0.25) is 0 Å². The van der Waals surface area contributed by atoms with Crippen LogP contribution in [-0.2, 0) is 40.8 Å². The predicted octanol–water partition coefficient (Wildman–Crippen LogP) is 14.4. The maximum atomic E-state index is 7.71. The molecule has 0 saturated heterocycles. The zero-order valence-electron chi connectivity index (χ0n) is 30.0. The van der Waals surface area contributed by atoms with E-state index >= 15 is 0 Å². The number of hydrogen-bond acceptors (Lipinski definition) is 1. The second-order valence-corrected chi connectivity index (χ2v) is 11.4. The molecule has 0 radical (unpaired) electrons. The molecule has 5 heteroatoms. The molecular formula is C46H51N3Pd2-6. The van der Waals surface area contributed by atoms with Crippen molar-refractivity contribution in [3.05, 3.63) is 202 Å². The molecule has 0 heterocycles. The van der Waals surface area contributed by atoms with Gasteiger partial charge in [-0.1, -0.05) is 158 Å². The molecule has 0 amide bonds. The van der Waals surface area contributed by atoms with E-state index in [-0.39, 0.29) is 40.8 Å². The first-order chi connectivity index (χ1) is 23.7. The fourth-order valence-electron chi connectivity index (χ4n) is 4.08. The summed E-state index contributed by atoms with van der Waals surface area (Å²) in [5.41, 5.74) is 29.7. The van der Waals surface area contributed by atoms with E-state index in [1.54, 1.807) is 0 Å². The van der Waals surface area contributed by atoms with Gasteiger partial charge in [0.2, 0.25) is 0 Å². The van der Waals surface area contributed by atoms with Crippen molar-refractivity contribution in [2.45, 2.75) is 27.7 Å². The Balaban J connectivity index is 0.000000640. The Kier molecular flexibility index (Phi) is 25.6. The molecule has 0 aliphatic heterocycles. The molecule has 0 fully saturated rings. The first-order valence-electron chi connectivity index (χ1n) is 16.5. The van der Waals surface area contributed by atoms with Gasteiger partial charge in [0, 0.05) is 52.1 Å². The maximum absolute atomic E-state index is 7.71. The minimum Gasteiger partial charge on any atom is -0.698 e.